The van der Waals surface area contributed by atoms with Crippen LogP contribution in [0.15, 0.2) is 394 Å². The van der Waals surface area contributed by atoms with E-state index >= 15 is 0 Å². The molecule has 3 aliphatic heterocycles. The number of rotatable bonds is 11. The van der Waals surface area contributed by atoms with E-state index < -0.39 is 0 Å². The molecule has 0 spiro atoms. The van der Waals surface area contributed by atoms with Gasteiger partial charge in [-0.2, -0.15) is 0 Å². The van der Waals surface area contributed by atoms with Crippen LogP contribution in [0.1, 0.15) is 139 Å². The third-order valence-electron chi connectivity index (χ3n) is 29.3. The minimum Gasteiger partial charge on any atom is -0.344 e. The SMILES string of the molecule is CCC(C)(C)c1cccc(-n2c3ccccc3c3c4cccc5ccc6cccc(c6c54)c3c3ccccc32)c1.CCC(C)c1ccc2c(c1)-c1ccccc1-c1ccccc1N2C.CCC(C)c1cccc(N2c3ccc(C)cc3-c3ccccc3-c3cc(C)ccc32)c1.CCC(C)c1cccc(N2c3ccccc3-c3c(c4ccccc4c4ccccc34)-c3ccccc32)c1. The van der Waals surface area contributed by atoms with Gasteiger partial charge in [0.15, 0.2) is 0 Å². The molecule has 0 N–H and O–H groups in total. The zero-order valence-electron chi connectivity index (χ0n) is 77.9. The fourth-order valence-corrected chi connectivity index (χ4v) is 21.3. The Hall–Kier alpha value is -14.8. The van der Waals surface area contributed by atoms with E-state index in [9.17, 15) is 0 Å². The second-order valence-electron chi connectivity index (χ2n) is 37.4. The highest BCUT2D eigenvalue weighted by atomic mass is 15.2. The van der Waals surface area contributed by atoms with E-state index in [1.165, 1.54) is 238 Å². The zero-order valence-corrected chi connectivity index (χ0v) is 77.9. The van der Waals surface area contributed by atoms with Crippen LogP contribution < -0.4 is 14.7 Å². The molecule has 1 aromatic heterocycles. The number of para-hydroxylation sites is 5. The first-order valence-corrected chi connectivity index (χ1v) is 47.7. The first kappa shape index (κ1) is 84.0. The Balaban J connectivity index is 0.000000108. The van der Waals surface area contributed by atoms with E-state index in [1.54, 1.807) is 0 Å². The minimum atomic E-state index is 0.102. The lowest BCUT2D eigenvalue weighted by atomic mass is 9.82. The van der Waals surface area contributed by atoms with E-state index in [2.05, 4.69) is 497 Å². The Bertz CT molecular complexity index is 7760. The molecule has 21 aromatic rings. The Labute approximate surface area is 778 Å². The van der Waals surface area contributed by atoms with Crippen molar-refractivity contribution in [3.8, 4) is 72.4 Å². The summed E-state index contributed by atoms with van der Waals surface area (Å²) in [4.78, 5) is 7.25. The topological polar surface area (TPSA) is 14.7 Å². The normalized spacial score (nSPS) is 13.0. The quantitative estimate of drug-likeness (QED) is 0.120. The molecule has 3 aliphatic rings. The molecule has 0 saturated carbocycles. The Kier molecular flexibility index (Phi) is 22.2. The van der Waals surface area contributed by atoms with Crippen molar-refractivity contribution >= 4 is 132 Å². The summed E-state index contributed by atoms with van der Waals surface area (Å²) in [5.41, 5.74) is 37.4. The van der Waals surface area contributed by atoms with Gasteiger partial charge in [-0.05, 0) is 264 Å². The minimum absolute atomic E-state index is 0.102. The monoisotopic (exact) mass is 1700 g/mol. The number of aromatic nitrogens is 1. The van der Waals surface area contributed by atoms with Crippen molar-refractivity contribution in [2.45, 2.75) is 125 Å². The number of aryl methyl sites for hydroxylation is 2. The molecule has 24 rings (SSSR count). The Morgan fingerprint density at radius 1 is 0.250 bits per heavy atom. The van der Waals surface area contributed by atoms with Crippen molar-refractivity contribution < 1.29 is 0 Å². The molecule has 644 valence electrons. The van der Waals surface area contributed by atoms with Gasteiger partial charge in [-0.3, -0.25) is 0 Å². The maximum Gasteiger partial charge on any atom is 0.0540 e. The lowest BCUT2D eigenvalue weighted by molar-refractivity contribution is 0.506. The highest BCUT2D eigenvalue weighted by molar-refractivity contribution is 6.40. The maximum atomic E-state index is 2.49. The average Bonchev–Trinajstić information content (AvgIpc) is 1.53. The molecule has 0 amide bonds. The van der Waals surface area contributed by atoms with Crippen molar-refractivity contribution in [3.05, 3.63) is 428 Å². The zero-order chi connectivity index (χ0) is 90.2. The van der Waals surface area contributed by atoms with Crippen LogP contribution >= 0.6 is 0 Å². The van der Waals surface area contributed by atoms with Crippen LogP contribution in [0.5, 0.6) is 0 Å². The van der Waals surface area contributed by atoms with E-state index in [-0.39, 0.29) is 5.41 Å². The smallest absolute Gasteiger partial charge is 0.0540 e. The van der Waals surface area contributed by atoms with E-state index in [0.717, 1.165) is 25.7 Å². The lowest BCUT2D eigenvalue weighted by Gasteiger charge is -2.28. The molecule has 4 heteroatoms. The molecule has 3 unspecified atom stereocenters. The molecular weight excluding hydrogens is 1590 g/mol. The number of fused-ring (bicyclic) bond motifs is 27. The molecule has 0 radical (unpaired) electrons. The number of hydrogen-bond donors (Lipinski definition) is 0. The molecule has 0 aliphatic carbocycles. The Morgan fingerprint density at radius 2 is 0.591 bits per heavy atom. The molecule has 0 fully saturated rings. The third-order valence-corrected chi connectivity index (χ3v) is 29.3. The molecule has 0 bridgehead atoms. The third kappa shape index (κ3) is 14.6. The van der Waals surface area contributed by atoms with Crippen molar-refractivity contribution in [1.82, 2.24) is 4.57 Å². The van der Waals surface area contributed by atoms with Gasteiger partial charge in [0.25, 0.3) is 0 Å². The molecule has 132 heavy (non-hydrogen) atoms. The predicted molar refractivity (Wildman–Crippen MR) is 571 cm³/mol. The molecule has 20 aromatic carbocycles. The summed E-state index contributed by atoms with van der Waals surface area (Å²) in [6.45, 7) is 25.0. The number of hydrogen-bond acceptors (Lipinski definition) is 3. The van der Waals surface area contributed by atoms with Crippen molar-refractivity contribution in [2.24, 2.45) is 0 Å². The van der Waals surface area contributed by atoms with Gasteiger partial charge in [0.2, 0.25) is 0 Å². The van der Waals surface area contributed by atoms with Crippen LogP contribution in [0.4, 0.5) is 45.5 Å². The van der Waals surface area contributed by atoms with Crippen LogP contribution in [0.3, 0.4) is 0 Å². The van der Waals surface area contributed by atoms with E-state index in [1.807, 2.05) is 0 Å². The maximum absolute atomic E-state index is 2.49. The standard InChI is InChI=1S/C39H31N.C36H29N.C30H29N.C23H23N/c1-4-39(2,3)27-14-11-15-28(24-27)40-33-20-7-5-16-29(33)37-31-18-9-12-25-22-23-26-13-10-19-32(36(26)35(25)31)38(37)30-17-6-8-21-34(30)40;1-3-24(2)25-13-12-14-26(23-25)37-33-21-10-8-19-31(33)35-29-17-6-4-15-27(29)28-16-5-7-18-30(28)36(35)32-20-9-11-22-34(32)37;1-5-22(4)23-9-8-10-24(19-23)31-29-15-13-20(2)17-27(29)25-11-6-7-12-26(25)28-18-21(3)14-16-30(28)31;1-4-16(2)17-13-14-23-21(15-17)19-10-6-5-9-18(19)20-11-7-8-12-22(20)24(23)3/h5-24H,4H2,1-3H3;4-24H,3H2,1-2H3;6-19,22H,5H2,1-4H3;5-16H,4H2,1-3H3. The van der Waals surface area contributed by atoms with Gasteiger partial charge >= 0.3 is 0 Å². The summed E-state index contributed by atoms with van der Waals surface area (Å²) < 4.78 is 2.49. The van der Waals surface area contributed by atoms with Gasteiger partial charge in [-0.15, -0.1) is 0 Å². The van der Waals surface area contributed by atoms with Gasteiger partial charge in [-0.1, -0.05) is 365 Å². The molecule has 3 atom stereocenters. The van der Waals surface area contributed by atoms with Crippen LogP contribution in [0.2, 0.25) is 0 Å². The summed E-state index contributed by atoms with van der Waals surface area (Å²) in [6.07, 6.45) is 4.52. The summed E-state index contributed by atoms with van der Waals surface area (Å²) >= 11 is 0. The van der Waals surface area contributed by atoms with Gasteiger partial charge < -0.3 is 19.3 Å². The summed E-state index contributed by atoms with van der Waals surface area (Å²) in [5.74, 6) is 1.64. The largest absolute Gasteiger partial charge is 0.344 e. The van der Waals surface area contributed by atoms with Gasteiger partial charge in [0, 0.05) is 102 Å². The fourth-order valence-electron chi connectivity index (χ4n) is 21.3. The van der Waals surface area contributed by atoms with E-state index in [0.29, 0.717) is 17.8 Å². The Morgan fingerprint density at radius 3 is 1.05 bits per heavy atom. The summed E-state index contributed by atoms with van der Waals surface area (Å²) in [7, 11) is 2.17. The summed E-state index contributed by atoms with van der Waals surface area (Å²) in [6, 6.07) is 146. The molecular formula is C128H112N4. The van der Waals surface area contributed by atoms with Gasteiger partial charge in [-0.25, -0.2) is 0 Å². The number of anilines is 8. The average molecular weight is 1710 g/mol. The molecule has 0 saturated heterocycles. The highest BCUT2D eigenvalue weighted by Gasteiger charge is 2.33. The molecule has 4 heterocycles. The summed E-state index contributed by atoms with van der Waals surface area (Å²) in [5, 5.41) is 18.4. The second kappa shape index (κ2) is 34.9. The lowest BCUT2D eigenvalue weighted by Crippen LogP contribution is -2.15. The van der Waals surface area contributed by atoms with Crippen LogP contribution in [0, 0.1) is 13.8 Å². The fraction of sp³-hybridized carbons (Fsp3) is 0.156. The van der Waals surface area contributed by atoms with Gasteiger partial charge in [0.05, 0.1) is 33.8 Å². The highest BCUT2D eigenvalue weighted by Crippen LogP contribution is 2.58. The van der Waals surface area contributed by atoms with Crippen molar-refractivity contribution in [3.63, 3.8) is 0 Å². The van der Waals surface area contributed by atoms with Crippen molar-refractivity contribution in [1.29, 1.82) is 0 Å². The first-order chi connectivity index (χ1) is 64.6. The first-order valence-electron chi connectivity index (χ1n) is 47.7. The van der Waals surface area contributed by atoms with E-state index in [4.69, 9.17) is 0 Å². The van der Waals surface area contributed by atoms with Crippen LogP contribution in [-0.4, -0.2) is 11.6 Å². The molecule has 4 nitrogen and oxygen atoms in total. The predicted octanol–water partition coefficient (Wildman–Crippen LogP) is 37.3. The number of benzene rings is 20. The van der Waals surface area contributed by atoms with Crippen molar-refractivity contribution in [2.75, 3.05) is 21.7 Å². The van der Waals surface area contributed by atoms with Gasteiger partial charge in [0.1, 0.15) is 0 Å². The van der Waals surface area contributed by atoms with Crippen LogP contribution in [-0.2, 0) is 5.41 Å². The second-order valence-corrected chi connectivity index (χ2v) is 37.4. The number of nitrogens with zero attached hydrogens (tertiary/aromatic N) is 4. The van der Waals surface area contributed by atoms with Crippen LogP contribution in [0.25, 0.3) is 159 Å².